The van der Waals surface area contributed by atoms with Gasteiger partial charge in [-0.25, -0.2) is 0 Å². The van der Waals surface area contributed by atoms with Crippen molar-refractivity contribution in [3.8, 4) is 0 Å². The fourth-order valence-corrected chi connectivity index (χ4v) is 1.01. The highest BCUT2D eigenvalue weighted by atomic mass is 35.5. The third-order valence-corrected chi connectivity index (χ3v) is 1.67. The van der Waals surface area contributed by atoms with E-state index in [1.54, 1.807) is 24.3 Å². The minimum atomic E-state index is -0.863. The van der Waals surface area contributed by atoms with Crippen molar-refractivity contribution in [1.29, 1.82) is 0 Å². The molecule has 0 radical (unpaired) electrons. The highest BCUT2D eigenvalue weighted by Crippen LogP contribution is 2.14. The van der Waals surface area contributed by atoms with Crippen LogP contribution in [0.5, 0.6) is 0 Å². The molecule has 0 spiro atoms. The van der Waals surface area contributed by atoms with Crippen LogP contribution >= 0.6 is 11.6 Å². The lowest BCUT2D eigenvalue weighted by molar-refractivity contribution is -0.136. The maximum Gasteiger partial charge on any atom is 0.307 e. The second-order valence-corrected chi connectivity index (χ2v) is 2.57. The molecule has 0 aliphatic carbocycles. The Morgan fingerprint density at radius 3 is 2.50 bits per heavy atom. The molecular weight excluding hydrogens is 176 g/mol. The SMILES string of the molecule is C.O=C(O)Cc1ccccc1Cl. The average molecular weight is 187 g/mol. The maximum absolute atomic E-state index is 10.3. The van der Waals surface area contributed by atoms with Crippen LogP contribution in [-0.2, 0) is 11.2 Å². The summed E-state index contributed by atoms with van der Waals surface area (Å²) in [4.78, 5) is 10.3. The number of rotatable bonds is 2. The first-order valence-corrected chi connectivity index (χ1v) is 3.53. The number of aliphatic carboxylic acids is 1. The molecule has 1 aromatic rings. The first kappa shape index (κ1) is 11.0. The summed E-state index contributed by atoms with van der Waals surface area (Å²) < 4.78 is 0. The monoisotopic (exact) mass is 186 g/mol. The Labute approximate surface area is 76.8 Å². The van der Waals surface area contributed by atoms with Crippen molar-refractivity contribution in [2.45, 2.75) is 13.8 Å². The first-order valence-electron chi connectivity index (χ1n) is 3.15. The van der Waals surface area contributed by atoms with E-state index in [9.17, 15) is 4.79 Å². The number of carboxylic acid groups (broad SMARTS) is 1. The van der Waals surface area contributed by atoms with Crippen LogP contribution in [0.4, 0.5) is 0 Å². The molecule has 12 heavy (non-hydrogen) atoms. The summed E-state index contributed by atoms with van der Waals surface area (Å²) in [5, 5.41) is 8.94. The van der Waals surface area contributed by atoms with Crippen LogP contribution in [0.25, 0.3) is 0 Å². The van der Waals surface area contributed by atoms with Gasteiger partial charge in [-0.15, -0.1) is 0 Å². The fraction of sp³-hybridized carbons (Fsp3) is 0.222. The summed E-state index contributed by atoms with van der Waals surface area (Å²) in [7, 11) is 0. The number of halogens is 1. The van der Waals surface area contributed by atoms with Crippen LogP contribution in [0.15, 0.2) is 24.3 Å². The highest BCUT2D eigenvalue weighted by molar-refractivity contribution is 6.31. The van der Waals surface area contributed by atoms with Gasteiger partial charge in [0.05, 0.1) is 6.42 Å². The molecule has 1 rings (SSSR count). The van der Waals surface area contributed by atoms with Crippen LogP contribution in [0.1, 0.15) is 13.0 Å². The molecule has 0 atom stereocenters. The Morgan fingerprint density at radius 1 is 1.42 bits per heavy atom. The number of benzene rings is 1. The van der Waals surface area contributed by atoms with E-state index in [0.717, 1.165) is 0 Å². The summed E-state index contributed by atoms with van der Waals surface area (Å²) >= 11 is 5.70. The van der Waals surface area contributed by atoms with Crippen LogP contribution in [-0.4, -0.2) is 11.1 Å². The third kappa shape index (κ3) is 2.93. The molecule has 0 aliphatic heterocycles. The minimum Gasteiger partial charge on any atom is -0.481 e. The van der Waals surface area contributed by atoms with Gasteiger partial charge in [-0.1, -0.05) is 37.2 Å². The Morgan fingerprint density at radius 2 is 2.00 bits per heavy atom. The standard InChI is InChI=1S/C8H7ClO2.CH4/c9-7-4-2-1-3-6(7)5-8(10)11;/h1-4H,5H2,(H,10,11);1H4. The number of carbonyl (C=O) groups is 1. The molecular formula is C9H11ClO2. The van der Waals surface area contributed by atoms with Gasteiger partial charge >= 0.3 is 5.97 Å². The predicted octanol–water partition coefficient (Wildman–Crippen LogP) is 2.60. The normalized spacial score (nSPS) is 8.75. The largest absolute Gasteiger partial charge is 0.481 e. The molecule has 0 heterocycles. The van der Waals surface area contributed by atoms with Crippen molar-refractivity contribution in [3.05, 3.63) is 34.9 Å². The van der Waals surface area contributed by atoms with Crippen LogP contribution in [0, 0.1) is 0 Å². The molecule has 0 amide bonds. The van der Waals surface area contributed by atoms with Gasteiger partial charge in [-0.3, -0.25) is 4.79 Å². The van der Waals surface area contributed by atoms with Crippen molar-refractivity contribution in [1.82, 2.24) is 0 Å². The van der Waals surface area contributed by atoms with E-state index in [2.05, 4.69) is 0 Å². The molecule has 0 aliphatic rings. The van der Waals surface area contributed by atoms with Crippen molar-refractivity contribution >= 4 is 17.6 Å². The highest BCUT2D eigenvalue weighted by Gasteiger charge is 2.02. The van der Waals surface area contributed by atoms with Gasteiger partial charge in [0.1, 0.15) is 0 Å². The Kier molecular flexibility index (Phi) is 4.37. The summed E-state index contributed by atoms with van der Waals surface area (Å²) in [6, 6.07) is 6.92. The lowest BCUT2D eigenvalue weighted by atomic mass is 10.1. The van der Waals surface area contributed by atoms with Gasteiger partial charge in [0.15, 0.2) is 0 Å². The van der Waals surface area contributed by atoms with Crippen molar-refractivity contribution in [2.24, 2.45) is 0 Å². The summed E-state index contributed by atoms with van der Waals surface area (Å²) in [6.07, 6.45) is -0.0142. The van der Waals surface area contributed by atoms with Gasteiger partial charge in [0.2, 0.25) is 0 Å². The topological polar surface area (TPSA) is 37.3 Å². The van der Waals surface area contributed by atoms with Crippen LogP contribution in [0.2, 0.25) is 5.02 Å². The van der Waals surface area contributed by atoms with Crippen LogP contribution in [0.3, 0.4) is 0 Å². The zero-order valence-corrected chi connectivity index (χ0v) is 6.51. The molecule has 1 aromatic carbocycles. The van der Waals surface area contributed by atoms with Crippen LogP contribution < -0.4 is 0 Å². The van der Waals surface area contributed by atoms with E-state index in [0.29, 0.717) is 10.6 Å². The summed E-state index contributed by atoms with van der Waals surface area (Å²) in [6.45, 7) is 0. The minimum absolute atomic E-state index is 0. The Balaban J connectivity index is 0.00000121. The van der Waals surface area contributed by atoms with Crippen molar-refractivity contribution in [2.75, 3.05) is 0 Å². The summed E-state index contributed by atoms with van der Waals surface area (Å²) in [5.41, 5.74) is 0.654. The van der Waals surface area contributed by atoms with Gasteiger partial charge in [0, 0.05) is 5.02 Å². The quantitative estimate of drug-likeness (QED) is 0.771. The van der Waals surface area contributed by atoms with E-state index < -0.39 is 5.97 Å². The molecule has 0 saturated heterocycles. The maximum atomic E-state index is 10.3. The second-order valence-electron chi connectivity index (χ2n) is 2.16. The molecule has 0 aromatic heterocycles. The first-order chi connectivity index (χ1) is 5.20. The molecule has 1 N–H and O–H groups in total. The Hall–Kier alpha value is -1.02. The van der Waals surface area contributed by atoms with Gasteiger partial charge in [-0.2, -0.15) is 0 Å². The molecule has 0 unspecified atom stereocenters. The molecule has 0 bridgehead atoms. The molecule has 3 heteroatoms. The number of carboxylic acids is 1. The Bertz CT molecular complexity index is 271. The van der Waals surface area contributed by atoms with E-state index in [1.165, 1.54) is 0 Å². The molecule has 0 saturated carbocycles. The van der Waals surface area contributed by atoms with Crippen molar-refractivity contribution in [3.63, 3.8) is 0 Å². The third-order valence-electron chi connectivity index (χ3n) is 1.30. The van der Waals surface area contributed by atoms with E-state index in [4.69, 9.17) is 16.7 Å². The number of hydrogen-bond acceptors (Lipinski definition) is 1. The lowest BCUT2D eigenvalue weighted by Crippen LogP contribution is -1.99. The zero-order valence-electron chi connectivity index (χ0n) is 5.75. The smallest absolute Gasteiger partial charge is 0.307 e. The van der Waals surface area contributed by atoms with Crippen molar-refractivity contribution < 1.29 is 9.90 Å². The van der Waals surface area contributed by atoms with E-state index >= 15 is 0 Å². The second kappa shape index (κ2) is 4.78. The van der Waals surface area contributed by atoms with E-state index in [-0.39, 0.29) is 13.8 Å². The predicted molar refractivity (Wildman–Crippen MR) is 49.5 cm³/mol. The van der Waals surface area contributed by atoms with Gasteiger partial charge < -0.3 is 5.11 Å². The summed E-state index contributed by atoms with van der Waals surface area (Å²) in [5.74, 6) is -0.863. The molecule has 0 fully saturated rings. The zero-order chi connectivity index (χ0) is 8.27. The van der Waals surface area contributed by atoms with Gasteiger partial charge in [0.25, 0.3) is 0 Å². The molecule has 66 valence electrons. The fourth-order valence-electron chi connectivity index (χ4n) is 0.805. The molecule has 2 nitrogen and oxygen atoms in total. The lowest BCUT2D eigenvalue weighted by Gasteiger charge is -1.97. The number of hydrogen-bond donors (Lipinski definition) is 1. The van der Waals surface area contributed by atoms with Gasteiger partial charge in [-0.05, 0) is 11.6 Å². The van der Waals surface area contributed by atoms with E-state index in [1.807, 2.05) is 0 Å². The average Bonchev–Trinajstić information content (AvgIpc) is 1.93.